The summed E-state index contributed by atoms with van der Waals surface area (Å²) in [6, 6.07) is 11.4. The zero-order valence-electron chi connectivity index (χ0n) is 14.4. The van der Waals surface area contributed by atoms with Crippen LogP contribution in [0, 0.1) is 5.92 Å². The average molecular weight is 355 g/mol. The van der Waals surface area contributed by atoms with Crippen LogP contribution in [-0.2, 0) is 5.60 Å². The van der Waals surface area contributed by atoms with E-state index in [0.29, 0.717) is 23.0 Å². The quantitative estimate of drug-likeness (QED) is 0.881. The van der Waals surface area contributed by atoms with E-state index in [9.17, 15) is 5.11 Å². The standard InChI is InChI=1S/C20H21NO5/c22-20(13-5-7-21-8-6-13,14-1-3-16-18(9-14)25-11-23-16)15-2-4-17-19(10-15)26-12-24-17/h1-4,9-10,13,21-22H,5-8,11-12H2. The highest BCUT2D eigenvalue weighted by molar-refractivity contribution is 5.52. The number of hydrogen-bond donors (Lipinski definition) is 2. The summed E-state index contributed by atoms with van der Waals surface area (Å²) in [5, 5.41) is 15.4. The van der Waals surface area contributed by atoms with Gasteiger partial charge in [0.15, 0.2) is 23.0 Å². The lowest BCUT2D eigenvalue weighted by atomic mass is 9.72. The number of rotatable bonds is 3. The summed E-state index contributed by atoms with van der Waals surface area (Å²) in [4.78, 5) is 0. The van der Waals surface area contributed by atoms with Crippen LogP contribution in [0.25, 0.3) is 0 Å². The van der Waals surface area contributed by atoms with E-state index in [2.05, 4.69) is 5.32 Å². The molecule has 0 unspecified atom stereocenters. The molecule has 26 heavy (non-hydrogen) atoms. The highest BCUT2D eigenvalue weighted by Crippen LogP contribution is 2.46. The first kappa shape index (κ1) is 15.8. The molecule has 0 spiro atoms. The van der Waals surface area contributed by atoms with Crippen molar-refractivity contribution in [1.82, 2.24) is 5.32 Å². The summed E-state index contributed by atoms with van der Waals surface area (Å²) in [5.74, 6) is 2.87. The molecule has 0 aromatic heterocycles. The molecule has 0 bridgehead atoms. The van der Waals surface area contributed by atoms with Crippen molar-refractivity contribution in [3.8, 4) is 23.0 Å². The van der Waals surface area contributed by atoms with Crippen LogP contribution in [0.2, 0.25) is 0 Å². The highest BCUT2D eigenvalue weighted by Gasteiger charge is 2.42. The maximum absolute atomic E-state index is 12.0. The minimum atomic E-state index is -1.13. The monoisotopic (exact) mass is 355 g/mol. The molecule has 0 saturated carbocycles. The van der Waals surface area contributed by atoms with Crippen LogP contribution >= 0.6 is 0 Å². The lowest BCUT2D eigenvalue weighted by molar-refractivity contribution is 0.00209. The maximum atomic E-state index is 12.0. The van der Waals surface area contributed by atoms with E-state index in [-0.39, 0.29) is 19.5 Å². The summed E-state index contributed by atoms with van der Waals surface area (Å²) in [7, 11) is 0. The van der Waals surface area contributed by atoms with Crippen molar-refractivity contribution in [2.75, 3.05) is 26.7 Å². The smallest absolute Gasteiger partial charge is 0.231 e. The number of hydrogen-bond acceptors (Lipinski definition) is 6. The van der Waals surface area contributed by atoms with E-state index in [1.807, 2.05) is 36.4 Å². The Morgan fingerprint density at radius 2 is 1.27 bits per heavy atom. The van der Waals surface area contributed by atoms with E-state index >= 15 is 0 Å². The van der Waals surface area contributed by atoms with Gasteiger partial charge in [0.25, 0.3) is 0 Å². The molecule has 2 aromatic carbocycles. The topological polar surface area (TPSA) is 69.2 Å². The first-order valence-corrected chi connectivity index (χ1v) is 8.98. The molecular formula is C20H21NO5. The van der Waals surface area contributed by atoms with Crippen LogP contribution in [-0.4, -0.2) is 31.8 Å². The fourth-order valence-electron chi connectivity index (χ4n) is 4.15. The Kier molecular flexibility index (Phi) is 3.69. The molecule has 3 aliphatic heterocycles. The molecule has 1 saturated heterocycles. The summed E-state index contributed by atoms with van der Waals surface area (Å²) in [6.45, 7) is 2.22. The largest absolute Gasteiger partial charge is 0.454 e. The van der Waals surface area contributed by atoms with Gasteiger partial charge >= 0.3 is 0 Å². The van der Waals surface area contributed by atoms with E-state index in [1.54, 1.807) is 0 Å². The van der Waals surface area contributed by atoms with Gasteiger partial charge in [0.1, 0.15) is 5.60 Å². The van der Waals surface area contributed by atoms with Crippen LogP contribution in [0.5, 0.6) is 23.0 Å². The zero-order valence-corrected chi connectivity index (χ0v) is 14.4. The molecule has 6 nitrogen and oxygen atoms in total. The first-order chi connectivity index (χ1) is 12.7. The molecule has 6 heteroatoms. The van der Waals surface area contributed by atoms with E-state index < -0.39 is 5.60 Å². The second-order valence-corrected chi connectivity index (χ2v) is 6.93. The molecule has 3 aliphatic rings. The minimum Gasteiger partial charge on any atom is -0.454 e. The molecule has 3 heterocycles. The molecule has 5 rings (SSSR count). The van der Waals surface area contributed by atoms with E-state index in [1.165, 1.54) is 0 Å². The highest BCUT2D eigenvalue weighted by atomic mass is 16.7. The van der Waals surface area contributed by atoms with Gasteiger partial charge in [-0.1, -0.05) is 12.1 Å². The third kappa shape index (κ3) is 2.40. The predicted octanol–water partition coefficient (Wildman–Crippen LogP) is 2.38. The Labute approximate surface area is 151 Å². The van der Waals surface area contributed by atoms with Gasteiger partial charge in [0, 0.05) is 0 Å². The van der Waals surface area contributed by atoms with Crippen molar-refractivity contribution in [2.24, 2.45) is 5.92 Å². The van der Waals surface area contributed by atoms with Crippen LogP contribution in [0.4, 0.5) is 0 Å². The number of nitrogens with one attached hydrogen (secondary N) is 1. The molecule has 1 fully saturated rings. The Bertz CT molecular complexity index is 773. The second-order valence-electron chi connectivity index (χ2n) is 6.93. The Balaban J connectivity index is 1.63. The maximum Gasteiger partial charge on any atom is 0.231 e. The van der Waals surface area contributed by atoms with Gasteiger partial charge in [-0.3, -0.25) is 0 Å². The minimum absolute atomic E-state index is 0.0875. The van der Waals surface area contributed by atoms with Crippen LogP contribution < -0.4 is 24.3 Å². The first-order valence-electron chi connectivity index (χ1n) is 8.98. The summed E-state index contributed by atoms with van der Waals surface area (Å²) < 4.78 is 21.9. The normalized spacial score (nSPS) is 19.0. The fourth-order valence-corrected chi connectivity index (χ4v) is 4.15. The Morgan fingerprint density at radius 3 is 1.81 bits per heavy atom. The molecule has 2 aromatic rings. The molecular weight excluding hydrogens is 334 g/mol. The summed E-state index contributed by atoms with van der Waals surface area (Å²) in [5.41, 5.74) is 0.490. The van der Waals surface area contributed by atoms with Crippen LogP contribution in [0.1, 0.15) is 24.0 Å². The second kappa shape index (κ2) is 6.07. The molecule has 2 N–H and O–H groups in total. The van der Waals surface area contributed by atoms with Crippen LogP contribution in [0.15, 0.2) is 36.4 Å². The number of fused-ring (bicyclic) bond motifs is 2. The van der Waals surface area contributed by atoms with Crippen molar-refractivity contribution in [2.45, 2.75) is 18.4 Å². The third-order valence-electron chi connectivity index (χ3n) is 5.56. The number of piperidine rings is 1. The average Bonchev–Trinajstić information content (AvgIpc) is 3.35. The summed E-state index contributed by atoms with van der Waals surface area (Å²) >= 11 is 0. The number of aliphatic hydroxyl groups is 1. The van der Waals surface area contributed by atoms with Gasteiger partial charge < -0.3 is 29.4 Å². The Hall–Kier alpha value is -2.44. The molecule has 136 valence electrons. The summed E-state index contributed by atoms with van der Waals surface area (Å²) in [6.07, 6.45) is 1.78. The molecule has 0 atom stereocenters. The Morgan fingerprint density at radius 1 is 0.769 bits per heavy atom. The molecule has 0 aliphatic carbocycles. The van der Waals surface area contributed by atoms with Gasteiger partial charge in [0.05, 0.1) is 0 Å². The SMILES string of the molecule is OC(c1ccc2c(c1)OCO2)(c1ccc2c(c1)OCO2)C1CCNCC1. The van der Waals surface area contributed by atoms with Gasteiger partial charge in [-0.15, -0.1) is 0 Å². The lowest BCUT2D eigenvalue weighted by Gasteiger charge is -2.39. The van der Waals surface area contributed by atoms with Crippen molar-refractivity contribution in [1.29, 1.82) is 0 Å². The van der Waals surface area contributed by atoms with Crippen molar-refractivity contribution in [3.05, 3.63) is 47.5 Å². The number of ether oxygens (including phenoxy) is 4. The van der Waals surface area contributed by atoms with Gasteiger partial charge in [-0.05, 0) is 67.2 Å². The van der Waals surface area contributed by atoms with Gasteiger partial charge in [-0.2, -0.15) is 0 Å². The van der Waals surface area contributed by atoms with Crippen molar-refractivity contribution >= 4 is 0 Å². The fraction of sp³-hybridized carbons (Fsp3) is 0.400. The predicted molar refractivity (Wildman–Crippen MR) is 93.7 cm³/mol. The molecule has 0 radical (unpaired) electrons. The van der Waals surface area contributed by atoms with Gasteiger partial charge in [-0.25, -0.2) is 0 Å². The van der Waals surface area contributed by atoms with E-state index in [4.69, 9.17) is 18.9 Å². The van der Waals surface area contributed by atoms with Crippen LogP contribution in [0.3, 0.4) is 0 Å². The lowest BCUT2D eigenvalue weighted by Crippen LogP contribution is -2.42. The van der Waals surface area contributed by atoms with E-state index in [0.717, 1.165) is 37.1 Å². The molecule has 0 amide bonds. The zero-order chi connectivity index (χ0) is 17.6. The van der Waals surface area contributed by atoms with Crippen molar-refractivity contribution in [3.63, 3.8) is 0 Å². The van der Waals surface area contributed by atoms with Gasteiger partial charge in [0.2, 0.25) is 13.6 Å². The van der Waals surface area contributed by atoms with Crippen molar-refractivity contribution < 1.29 is 24.1 Å². The third-order valence-corrected chi connectivity index (χ3v) is 5.56. The number of benzene rings is 2.